The summed E-state index contributed by atoms with van der Waals surface area (Å²) in [5.74, 6) is 0.161. The fourth-order valence-corrected chi connectivity index (χ4v) is 3.67. The minimum atomic E-state index is -0.721. The molecule has 0 aliphatic heterocycles. The molecule has 0 saturated carbocycles. The van der Waals surface area contributed by atoms with E-state index in [9.17, 15) is 9.90 Å². The maximum atomic E-state index is 11.4. The van der Waals surface area contributed by atoms with Crippen molar-refractivity contribution in [3.63, 3.8) is 0 Å². The van der Waals surface area contributed by atoms with Crippen LogP contribution in [0.5, 0.6) is 0 Å². The van der Waals surface area contributed by atoms with E-state index < -0.39 is 5.97 Å². The van der Waals surface area contributed by atoms with E-state index in [4.69, 9.17) is 0 Å². The molecule has 170 valence electrons. The molecule has 0 amide bonds. The summed E-state index contributed by atoms with van der Waals surface area (Å²) in [5.41, 5.74) is 0. The fraction of sp³-hybridized carbons (Fsp3) is 0.808. The van der Waals surface area contributed by atoms with Crippen LogP contribution >= 0.6 is 0 Å². The minimum absolute atomic E-state index is 0.141. The largest absolute Gasteiger partial charge is 0.480 e. The van der Waals surface area contributed by atoms with Crippen molar-refractivity contribution in [1.82, 2.24) is 4.90 Å². The van der Waals surface area contributed by atoms with Crippen LogP contribution < -0.4 is 0 Å². The average Bonchev–Trinajstić information content (AvgIpc) is 2.70. The second kappa shape index (κ2) is 20.2. The first-order chi connectivity index (χ1) is 14.1. The Bertz CT molecular complexity index is 398. The van der Waals surface area contributed by atoms with Gasteiger partial charge in [-0.3, -0.25) is 9.69 Å². The molecule has 3 nitrogen and oxygen atoms in total. The van der Waals surface area contributed by atoms with Crippen LogP contribution in [0.1, 0.15) is 105 Å². The van der Waals surface area contributed by atoms with E-state index in [1.165, 1.54) is 51.4 Å². The maximum absolute atomic E-state index is 11.4. The molecule has 2 atom stereocenters. The number of carboxylic acids is 1. The minimum Gasteiger partial charge on any atom is -0.480 e. The van der Waals surface area contributed by atoms with Crippen molar-refractivity contribution in [2.75, 3.05) is 19.6 Å². The predicted octanol–water partition coefficient (Wildman–Crippen LogP) is 7.48. The van der Waals surface area contributed by atoms with Crippen LogP contribution in [-0.2, 0) is 4.79 Å². The number of rotatable bonds is 20. The summed E-state index contributed by atoms with van der Waals surface area (Å²) in [6.07, 6.45) is 24.0. The SMILES string of the molecule is CCCCCC/C=C/C(CC)CN(CC(=O)O)CC(/C=C/CCCCCC)CC. The fourth-order valence-electron chi connectivity index (χ4n) is 3.67. The Kier molecular flexibility index (Phi) is 19.4. The lowest BCUT2D eigenvalue weighted by molar-refractivity contribution is -0.138. The first-order valence-electron chi connectivity index (χ1n) is 12.3. The molecule has 0 fully saturated rings. The van der Waals surface area contributed by atoms with Gasteiger partial charge in [0.1, 0.15) is 0 Å². The number of carboxylic acid groups (broad SMARTS) is 1. The Morgan fingerprint density at radius 1 is 0.759 bits per heavy atom. The second-order valence-corrected chi connectivity index (χ2v) is 8.48. The van der Waals surface area contributed by atoms with Gasteiger partial charge in [-0.05, 0) is 50.4 Å². The summed E-state index contributed by atoms with van der Waals surface area (Å²) in [6, 6.07) is 0. The van der Waals surface area contributed by atoms with Crippen LogP contribution in [0.4, 0.5) is 0 Å². The highest BCUT2D eigenvalue weighted by molar-refractivity contribution is 5.69. The Balaban J connectivity index is 4.59. The number of allylic oxidation sites excluding steroid dienone is 2. The summed E-state index contributed by atoms with van der Waals surface area (Å²) in [6.45, 7) is 10.7. The van der Waals surface area contributed by atoms with Crippen molar-refractivity contribution in [3.8, 4) is 0 Å². The van der Waals surface area contributed by atoms with Gasteiger partial charge < -0.3 is 5.11 Å². The Hall–Kier alpha value is -1.09. The highest BCUT2D eigenvalue weighted by Crippen LogP contribution is 2.15. The van der Waals surface area contributed by atoms with Gasteiger partial charge in [0.05, 0.1) is 6.54 Å². The molecule has 1 N–H and O–H groups in total. The third-order valence-electron chi connectivity index (χ3n) is 5.66. The van der Waals surface area contributed by atoms with E-state index in [2.05, 4.69) is 56.9 Å². The van der Waals surface area contributed by atoms with E-state index in [-0.39, 0.29) is 6.54 Å². The van der Waals surface area contributed by atoms with Crippen LogP contribution in [0.3, 0.4) is 0 Å². The number of unbranched alkanes of at least 4 members (excludes halogenated alkanes) is 8. The third-order valence-corrected chi connectivity index (χ3v) is 5.66. The van der Waals surface area contributed by atoms with Crippen LogP contribution in [0.2, 0.25) is 0 Å². The highest BCUT2D eigenvalue weighted by Gasteiger charge is 2.16. The lowest BCUT2D eigenvalue weighted by Gasteiger charge is -2.27. The molecule has 0 aliphatic carbocycles. The number of hydrogen-bond acceptors (Lipinski definition) is 2. The molecule has 3 heteroatoms. The zero-order valence-corrected chi connectivity index (χ0v) is 19.9. The van der Waals surface area contributed by atoms with Crippen LogP contribution in [0, 0.1) is 11.8 Å². The smallest absolute Gasteiger partial charge is 0.317 e. The predicted molar refractivity (Wildman–Crippen MR) is 127 cm³/mol. The van der Waals surface area contributed by atoms with E-state index in [0.29, 0.717) is 11.8 Å². The number of carbonyl (C=O) groups is 1. The standard InChI is InChI=1S/C26H49NO2/c1-5-9-11-13-15-17-19-24(7-3)21-27(23-26(28)29)22-25(8-4)20-18-16-14-12-10-6-2/h17-20,24-25H,5-16,21-23H2,1-4H3,(H,28,29)/b19-17+,20-18+. The van der Waals surface area contributed by atoms with Gasteiger partial charge in [0.25, 0.3) is 0 Å². The maximum Gasteiger partial charge on any atom is 0.317 e. The molecule has 0 heterocycles. The molecule has 0 saturated heterocycles. The molecule has 0 spiro atoms. The van der Waals surface area contributed by atoms with Gasteiger partial charge in [-0.25, -0.2) is 0 Å². The number of aliphatic carboxylic acids is 1. The van der Waals surface area contributed by atoms with Gasteiger partial charge in [0.2, 0.25) is 0 Å². The van der Waals surface area contributed by atoms with Gasteiger partial charge >= 0.3 is 5.97 Å². The van der Waals surface area contributed by atoms with Crippen molar-refractivity contribution >= 4 is 5.97 Å². The third kappa shape index (κ3) is 17.5. The van der Waals surface area contributed by atoms with Crippen LogP contribution in [-0.4, -0.2) is 35.6 Å². The van der Waals surface area contributed by atoms with Gasteiger partial charge in [0, 0.05) is 13.1 Å². The summed E-state index contributed by atoms with van der Waals surface area (Å²) in [4.78, 5) is 13.5. The molecule has 0 aliphatic rings. The monoisotopic (exact) mass is 407 g/mol. The lowest BCUT2D eigenvalue weighted by Crippen LogP contribution is -2.37. The molecular formula is C26H49NO2. The topological polar surface area (TPSA) is 40.5 Å². The Morgan fingerprint density at radius 2 is 1.21 bits per heavy atom. The van der Waals surface area contributed by atoms with Crippen LogP contribution in [0.25, 0.3) is 0 Å². The number of nitrogens with zero attached hydrogens (tertiary/aromatic N) is 1. The van der Waals surface area contributed by atoms with E-state index in [1.54, 1.807) is 0 Å². The molecule has 0 bridgehead atoms. The average molecular weight is 408 g/mol. The molecule has 0 radical (unpaired) electrons. The molecule has 29 heavy (non-hydrogen) atoms. The van der Waals surface area contributed by atoms with Crippen molar-refractivity contribution < 1.29 is 9.90 Å². The van der Waals surface area contributed by atoms with E-state index >= 15 is 0 Å². The van der Waals surface area contributed by atoms with Crippen molar-refractivity contribution in [1.29, 1.82) is 0 Å². The van der Waals surface area contributed by atoms with Crippen molar-refractivity contribution in [2.45, 2.75) is 105 Å². The molecule has 0 aromatic heterocycles. The Labute approximate surface area is 181 Å². The van der Waals surface area contributed by atoms with Gasteiger partial charge in [0.15, 0.2) is 0 Å². The van der Waals surface area contributed by atoms with Gasteiger partial charge in [-0.15, -0.1) is 0 Å². The van der Waals surface area contributed by atoms with Crippen LogP contribution in [0.15, 0.2) is 24.3 Å². The quantitative estimate of drug-likeness (QED) is 0.168. The molecular weight excluding hydrogens is 358 g/mol. The van der Waals surface area contributed by atoms with Crippen molar-refractivity contribution in [2.24, 2.45) is 11.8 Å². The summed E-state index contributed by atoms with van der Waals surface area (Å²) in [5, 5.41) is 9.37. The summed E-state index contributed by atoms with van der Waals surface area (Å²) >= 11 is 0. The molecule has 0 rings (SSSR count). The number of hydrogen-bond donors (Lipinski definition) is 1. The zero-order valence-electron chi connectivity index (χ0n) is 19.9. The second-order valence-electron chi connectivity index (χ2n) is 8.48. The van der Waals surface area contributed by atoms with E-state index in [0.717, 1.165) is 38.8 Å². The van der Waals surface area contributed by atoms with E-state index in [1.807, 2.05) is 0 Å². The lowest BCUT2D eigenvalue weighted by atomic mass is 10.0. The normalized spacial score (nSPS) is 14.2. The highest BCUT2D eigenvalue weighted by atomic mass is 16.4. The first-order valence-corrected chi connectivity index (χ1v) is 12.3. The van der Waals surface area contributed by atoms with Gasteiger partial charge in [-0.1, -0.05) is 90.5 Å². The van der Waals surface area contributed by atoms with Gasteiger partial charge in [-0.2, -0.15) is 0 Å². The Morgan fingerprint density at radius 3 is 1.55 bits per heavy atom. The molecule has 2 unspecified atom stereocenters. The zero-order chi connectivity index (χ0) is 21.7. The molecule has 0 aromatic rings. The summed E-state index contributed by atoms with van der Waals surface area (Å²) in [7, 11) is 0. The molecule has 0 aromatic carbocycles. The first kappa shape index (κ1) is 27.9. The van der Waals surface area contributed by atoms with Crippen molar-refractivity contribution in [3.05, 3.63) is 24.3 Å². The summed E-state index contributed by atoms with van der Waals surface area (Å²) < 4.78 is 0.